The molecule has 0 aliphatic carbocycles. The number of carbonyl (C=O) groups is 1. The second-order valence-corrected chi connectivity index (χ2v) is 6.87. The van der Waals surface area contributed by atoms with Crippen molar-refractivity contribution in [3.63, 3.8) is 0 Å². The Morgan fingerprint density at radius 3 is 3.00 bits per heavy atom. The molecule has 0 spiro atoms. The van der Waals surface area contributed by atoms with Crippen LogP contribution in [0.5, 0.6) is 0 Å². The number of aryl methyl sites for hydroxylation is 1. The van der Waals surface area contributed by atoms with Gasteiger partial charge in [0.2, 0.25) is 5.91 Å². The molecule has 0 aromatic heterocycles. The van der Waals surface area contributed by atoms with E-state index in [0.29, 0.717) is 12.5 Å². The predicted molar refractivity (Wildman–Crippen MR) is 91.8 cm³/mol. The Balaban J connectivity index is 1.72. The van der Waals surface area contributed by atoms with Crippen LogP contribution in [0.1, 0.15) is 24.8 Å². The lowest BCUT2D eigenvalue weighted by Gasteiger charge is -2.23. The van der Waals surface area contributed by atoms with Crippen LogP contribution in [0, 0.1) is 6.92 Å². The van der Waals surface area contributed by atoms with Crippen LogP contribution in [0.2, 0.25) is 0 Å². The molecule has 2 rings (SSSR count). The average Bonchev–Trinajstić information content (AvgIpc) is 2.96. The Bertz CT molecular complexity index is 486. The third-order valence-corrected chi connectivity index (χ3v) is 5.11. The van der Waals surface area contributed by atoms with Crippen molar-refractivity contribution in [2.45, 2.75) is 32.2 Å². The Labute approximate surface area is 131 Å². The molecule has 0 bridgehead atoms. The van der Waals surface area contributed by atoms with Gasteiger partial charge < -0.3 is 16.0 Å². The predicted octanol–water partition coefficient (Wildman–Crippen LogP) is 2.73. The summed E-state index contributed by atoms with van der Waals surface area (Å²) in [4.78, 5) is 14.4. The van der Waals surface area contributed by atoms with Crippen LogP contribution < -0.4 is 11.1 Å². The van der Waals surface area contributed by atoms with Crippen molar-refractivity contribution in [2.75, 3.05) is 36.1 Å². The molecule has 116 valence electrons. The minimum atomic E-state index is 0.0806. The van der Waals surface area contributed by atoms with Crippen molar-refractivity contribution in [2.24, 2.45) is 0 Å². The van der Waals surface area contributed by atoms with E-state index >= 15 is 0 Å². The summed E-state index contributed by atoms with van der Waals surface area (Å²) in [6.07, 6.45) is 2.74. The minimum Gasteiger partial charge on any atom is -0.399 e. The highest BCUT2D eigenvalue weighted by atomic mass is 32.2. The van der Waals surface area contributed by atoms with E-state index in [1.807, 2.05) is 36.9 Å². The number of carbonyl (C=O) groups excluding carboxylic acids is 1. The molecule has 0 radical (unpaired) electrons. The Hall–Kier alpha value is -1.20. The van der Waals surface area contributed by atoms with E-state index in [1.54, 1.807) is 0 Å². The number of thioether (sulfide) groups is 1. The highest BCUT2D eigenvalue weighted by molar-refractivity contribution is 7.99. The van der Waals surface area contributed by atoms with Gasteiger partial charge in [0, 0.05) is 29.6 Å². The first kappa shape index (κ1) is 16.2. The standard InChI is InChI=1S/C16H25N3OS/c1-12-10-13(17)5-6-15(12)18-16(20)4-3-8-19(2)14-7-9-21-11-14/h5-6,10,14H,3-4,7-9,11,17H2,1-2H3,(H,18,20). The van der Waals surface area contributed by atoms with Crippen molar-refractivity contribution in [1.29, 1.82) is 0 Å². The zero-order valence-electron chi connectivity index (χ0n) is 12.9. The second kappa shape index (κ2) is 7.71. The van der Waals surface area contributed by atoms with Crippen LogP contribution in [0.4, 0.5) is 11.4 Å². The molecule has 1 aliphatic rings. The summed E-state index contributed by atoms with van der Waals surface area (Å²) >= 11 is 2.02. The van der Waals surface area contributed by atoms with E-state index in [1.165, 1.54) is 17.9 Å². The molecule has 5 heteroatoms. The monoisotopic (exact) mass is 307 g/mol. The highest BCUT2D eigenvalue weighted by Crippen LogP contribution is 2.21. The van der Waals surface area contributed by atoms with Crippen LogP contribution in [0.15, 0.2) is 18.2 Å². The van der Waals surface area contributed by atoms with Crippen molar-refractivity contribution in [3.05, 3.63) is 23.8 Å². The number of nitrogens with two attached hydrogens (primary N) is 1. The van der Waals surface area contributed by atoms with Crippen LogP contribution >= 0.6 is 11.8 Å². The smallest absolute Gasteiger partial charge is 0.224 e. The number of nitrogen functional groups attached to an aromatic ring is 1. The van der Waals surface area contributed by atoms with Crippen molar-refractivity contribution >= 4 is 29.0 Å². The van der Waals surface area contributed by atoms with Crippen molar-refractivity contribution < 1.29 is 4.79 Å². The first-order chi connectivity index (χ1) is 10.1. The average molecular weight is 307 g/mol. The largest absolute Gasteiger partial charge is 0.399 e. The molecule has 1 aromatic carbocycles. The Morgan fingerprint density at radius 1 is 1.52 bits per heavy atom. The fourth-order valence-corrected chi connectivity index (χ4v) is 3.88. The van der Waals surface area contributed by atoms with Crippen molar-refractivity contribution in [3.8, 4) is 0 Å². The summed E-state index contributed by atoms with van der Waals surface area (Å²) in [5, 5.41) is 2.96. The fraction of sp³-hybridized carbons (Fsp3) is 0.562. The van der Waals surface area contributed by atoms with Gasteiger partial charge in [0.15, 0.2) is 0 Å². The minimum absolute atomic E-state index is 0.0806. The van der Waals surface area contributed by atoms with Gasteiger partial charge in [0.1, 0.15) is 0 Å². The third kappa shape index (κ3) is 4.93. The summed E-state index contributed by atoms with van der Waals surface area (Å²) in [5.74, 6) is 2.58. The zero-order valence-corrected chi connectivity index (χ0v) is 13.7. The van der Waals surface area contributed by atoms with E-state index in [4.69, 9.17) is 5.73 Å². The topological polar surface area (TPSA) is 58.4 Å². The molecule has 4 nitrogen and oxygen atoms in total. The second-order valence-electron chi connectivity index (χ2n) is 5.72. The number of amides is 1. The lowest BCUT2D eigenvalue weighted by molar-refractivity contribution is -0.116. The van der Waals surface area contributed by atoms with Gasteiger partial charge in [0.05, 0.1) is 0 Å². The van der Waals surface area contributed by atoms with Crippen molar-refractivity contribution in [1.82, 2.24) is 4.90 Å². The highest BCUT2D eigenvalue weighted by Gasteiger charge is 2.19. The molecule has 1 fully saturated rings. The van der Waals surface area contributed by atoms with Gasteiger partial charge in [-0.05, 0) is 62.9 Å². The van der Waals surface area contributed by atoms with E-state index in [9.17, 15) is 4.79 Å². The maximum Gasteiger partial charge on any atom is 0.224 e. The van der Waals surface area contributed by atoms with Gasteiger partial charge in [-0.15, -0.1) is 0 Å². The lowest BCUT2D eigenvalue weighted by Crippen LogP contribution is -2.32. The number of anilines is 2. The molecular formula is C16H25N3OS. The maximum absolute atomic E-state index is 12.0. The van der Waals surface area contributed by atoms with Crippen LogP contribution in [-0.2, 0) is 4.79 Å². The number of nitrogens with zero attached hydrogens (tertiary/aromatic N) is 1. The van der Waals surface area contributed by atoms with Gasteiger partial charge in [0.25, 0.3) is 0 Å². The van der Waals surface area contributed by atoms with Gasteiger partial charge in [-0.1, -0.05) is 0 Å². The Morgan fingerprint density at radius 2 is 2.33 bits per heavy atom. The molecule has 1 amide bonds. The summed E-state index contributed by atoms with van der Waals surface area (Å²) < 4.78 is 0. The molecular weight excluding hydrogens is 282 g/mol. The van der Waals surface area contributed by atoms with Crippen LogP contribution in [0.25, 0.3) is 0 Å². The first-order valence-corrected chi connectivity index (χ1v) is 8.65. The van der Waals surface area contributed by atoms with Gasteiger partial charge >= 0.3 is 0 Å². The molecule has 0 saturated carbocycles. The number of benzene rings is 1. The maximum atomic E-state index is 12.0. The summed E-state index contributed by atoms with van der Waals surface area (Å²) in [6.45, 7) is 2.94. The van der Waals surface area contributed by atoms with Gasteiger partial charge in [-0.25, -0.2) is 0 Å². The van der Waals surface area contributed by atoms with E-state index in [-0.39, 0.29) is 5.91 Å². The molecule has 1 heterocycles. The zero-order chi connectivity index (χ0) is 15.2. The van der Waals surface area contributed by atoms with Gasteiger partial charge in [-0.3, -0.25) is 4.79 Å². The molecule has 1 aromatic rings. The van der Waals surface area contributed by atoms with Crippen LogP contribution in [0.3, 0.4) is 0 Å². The molecule has 3 N–H and O–H groups in total. The quantitative estimate of drug-likeness (QED) is 0.793. The molecule has 1 atom stereocenters. The number of hydrogen-bond donors (Lipinski definition) is 2. The fourth-order valence-electron chi connectivity index (χ4n) is 2.58. The van der Waals surface area contributed by atoms with E-state index in [2.05, 4.69) is 17.3 Å². The number of hydrogen-bond acceptors (Lipinski definition) is 4. The molecule has 1 unspecified atom stereocenters. The SMILES string of the molecule is Cc1cc(N)ccc1NC(=O)CCCN(C)C1CCSC1. The summed E-state index contributed by atoms with van der Waals surface area (Å²) in [7, 11) is 2.17. The normalized spacial score (nSPS) is 18.1. The first-order valence-electron chi connectivity index (χ1n) is 7.50. The van der Waals surface area contributed by atoms with Crippen LogP contribution in [-0.4, -0.2) is 41.9 Å². The summed E-state index contributed by atoms with van der Waals surface area (Å²) in [6, 6.07) is 6.25. The Kier molecular flexibility index (Phi) is 5.94. The molecule has 1 aliphatic heterocycles. The van der Waals surface area contributed by atoms with Gasteiger partial charge in [-0.2, -0.15) is 11.8 Å². The van der Waals surface area contributed by atoms with E-state index < -0.39 is 0 Å². The van der Waals surface area contributed by atoms with E-state index in [0.717, 1.165) is 29.9 Å². The summed E-state index contributed by atoms with van der Waals surface area (Å²) in [5.41, 5.74) is 8.29. The number of nitrogens with one attached hydrogen (secondary N) is 1. The number of rotatable bonds is 6. The molecule has 1 saturated heterocycles. The molecule has 21 heavy (non-hydrogen) atoms. The third-order valence-electron chi connectivity index (χ3n) is 3.97. The lowest BCUT2D eigenvalue weighted by atomic mass is 10.1.